The first-order valence-corrected chi connectivity index (χ1v) is 10.4. The normalized spacial score (nSPS) is 11.4. The lowest BCUT2D eigenvalue weighted by Gasteiger charge is -2.12. The van der Waals surface area contributed by atoms with Gasteiger partial charge in [-0.3, -0.25) is 0 Å². The van der Waals surface area contributed by atoms with E-state index >= 15 is 0 Å². The van der Waals surface area contributed by atoms with E-state index in [9.17, 15) is 0 Å². The third-order valence-electron chi connectivity index (χ3n) is 3.27. The maximum absolute atomic E-state index is 5.66. The second-order valence-corrected chi connectivity index (χ2v) is 7.40. The van der Waals surface area contributed by atoms with Crippen LogP contribution in [0.1, 0.15) is 25.8 Å². The van der Waals surface area contributed by atoms with Gasteiger partial charge in [0.15, 0.2) is 5.96 Å². The van der Waals surface area contributed by atoms with Crippen molar-refractivity contribution < 1.29 is 4.74 Å². The van der Waals surface area contributed by atoms with Crippen molar-refractivity contribution in [3.05, 3.63) is 41.4 Å². The SMILES string of the molecule is CCNC(=NCc1ccccc1OCC)NCCCSc1nccs1. The van der Waals surface area contributed by atoms with Gasteiger partial charge in [0.1, 0.15) is 10.1 Å². The van der Waals surface area contributed by atoms with E-state index in [2.05, 4.69) is 33.6 Å². The summed E-state index contributed by atoms with van der Waals surface area (Å²) >= 11 is 3.49. The first-order chi connectivity index (χ1) is 12.3. The van der Waals surface area contributed by atoms with E-state index in [1.54, 1.807) is 23.1 Å². The molecule has 136 valence electrons. The quantitative estimate of drug-likeness (QED) is 0.285. The second-order valence-electron chi connectivity index (χ2n) is 5.16. The Morgan fingerprint density at radius 1 is 1.28 bits per heavy atom. The van der Waals surface area contributed by atoms with Crippen LogP contribution in [0.3, 0.4) is 0 Å². The molecule has 7 heteroatoms. The highest BCUT2D eigenvalue weighted by molar-refractivity contribution is 8.00. The topological polar surface area (TPSA) is 58.5 Å². The van der Waals surface area contributed by atoms with Crippen LogP contribution in [0.5, 0.6) is 5.75 Å². The zero-order chi connectivity index (χ0) is 17.7. The fraction of sp³-hybridized carbons (Fsp3) is 0.444. The molecule has 2 N–H and O–H groups in total. The number of rotatable bonds is 10. The molecule has 2 aromatic rings. The summed E-state index contributed by atoms with van der Waals surface area (Å²) in [5.74, 6) is 2.80. The number of thioether (sulfide) groups is 1. The molecule has 0 saturated carbocycles. The van der Waals surface area contributed by atoms with E-state index in [0.29, 0.717) is 13.2 Å². The van der Waals surface area contributed by atoms with Crippen LogP contribution >= 0.6 is 23.1 Å². The van der Waals surface area contributed by atoms with E-state index in [4.69, 9.17) is 4.74 Å². The summed E-state index contributed by atoms with van der Waals surface area (Å²) in [4.78, 5) is 8.95. The van der Waals surface area contributed by atoms with Gasteiger partial charge in [0.2, 0.25) is 0 Å². The lowest BCUT2D eigenvalue weighted by Crippen LogP contribution is -2.37. The number of aliphatic imine (C=N–C) groups is 1. The Morgan fingerprint density at radius 2 is 2.16 bits per heavy atom. The van der Waals surface area contributed by atoms with E-state index in [1.807, 2.05) is 36.7 Å². The number of hydrogen-bond donors (Lipinski definition) is 2. The van der Waals surface area contributed by atoms with Crippen molar-refractivity contribution in [1.29, 1.82) is 0 Å². The summed E-state index contributed by atoms with van der Waals surface area (Å²) in [6.07, 6.45) is 2.91. The molecule has 0 aliphatic heterocycles. The minimum absolute atomic E-state index is 0.597. The van der Waals surface area contributed by atoms with Gasteiger partial charge in [0, 0.05) is 36.0 Å². The molecule has 0 spiro atoms. The van der Waals surface area contributed by atoms with Gasteiger partial charge in [-0.15, -0.1) is 11.3 Å². The minimum Gasteiger partial charge on any atom is -0.494 e. The summed E-state index contributed by atoms with van der Waals surface area (Å²) in [6, 6.07) is 8.05. The number of guanidine groups is 1. The van der Waals surface area contributed by atoms with Gasteiger partial charge >= 0.3 is 0 Å². The molecule has 1 aromatic carbocycles. The number of para-hydroxylation sites is 1. The molecule has 0 saturated heterocycles. The lowest BCUT2D eigenvalue weighted by atomic mass is 10.2. The van der Waals surface area contributed by atoms with Crippen molar-refractivity contribution in [3.8, 4) is 5.75 Å². The molecular weight excluding hydrogens is 352 g/mol. The lowest BCUT2D eigenvalue weighted by molar-refractivity contribution is 0.336. The number of benzene rings is 1. The van der Waals surface area contributed by atoms with Crippen LogP contribution in [0, 0.1) is 0 Å². The highest BCUT2D eigenvalue weighted by atomic mass is 32.2. The fourth-order valence-electron chi connectivity index (χ4n) is 2.16. The average molecular weight is 379 g/mol. The van der Waals surface area contributed by atoms with Gasteiger partial charge in [-0.05, 0) is 26.3 Å². The van der Waals surface area contributed by atoms with Crippen LogP contribution in [0.25, 0.3) is 0 Å². The first kappa shape index (κ1) is 19.6. The standard InChI is InChI=1S/C18H26N4OS2/c1-3-19-17(20-10-7-12-24-18-21-11-13-25-18)22-14-15-8-5-6-9-16(15)23-4-2/h5-6,8-9,11,13H,3-4,7,10,12,14H2,1-2H3,(H2,19,20,22). The second kappa shape index (κ2) is 11.8. The first-order valence-electron chi connectivity index (χ1n) is 8.58. The maximum Gasteiger partial charge on any atom is 0.191 e. The van der Waals surface area contributed by atoms with E-state index in [-0.39, 0.29) is 0 Å². The third-order valence-corrected chi connectivity index (χ3v) is 5.33. The Balaban J connectivity index is 1.79. The Hall–Kier alpha value is -1.73. The van der Waals surface area contributed by atoms with Gasteiger partial charge in [-0.2, -0.15) is 0 Å². The van der Waals surface area contributed by atoms with E-state index in [0.717, 1.165) is 46.9 Å². The van der Waals surface area contributed by atoms with Crippen molar-refractivity contribution in [1.82, 2.24) is 15.6 Å². The van der Waals surface area contributed by atoms with Crippen LogP contribution < -0.4 is 15.4 Å². The van der Waals surface area contributed by atoms with Gasteiger partial charge in [-0.25, -0.2) is 9.98 Å². The third kappa shape index (κ3) is 7.36. The summed E-state index contributed by atoms with van der Waals surface area (Å²) < 4.78 is 6.79. The number of aromatic nitrogens is 1. The van der Waals surface area contributed by atoms with Crippen LogP contribution in [-0.2, 0) is 6.54 Å². The molecule has 0 aliphatic carbocycles. The van der Waals surface area contributed by atoms with E-state index in [1.165, 1.54) is 0 Å². The molecule has 0 bridgehead atoms. The Kier molecular flexibility index (Phi) is 9.22. The number of nitrogens with one attached hydrogen (secondary N) is 2. The molecule has 2 rings (SSSR count). The predicted molar refractivity (Wildman–Crippen MR) is 108 cm³/mol. The molecule has 5 nitrogen and oxygen atoms in total. The van der Waals surface area contributed by atoms with Gasteiger partial charge in [0.25, 0.3) is 0 Å². The monoisotopic (exact) mass is 378 g/mol. The van der Waals surface area contributed by atoms with Crippen LogP contribution in [-0.4, -0.2) is 36.4 Å². The molecule has 0 atom stereocenters. The zero-order valence-corrected chi connectivity index (χ0v) is 16.5. The highest BCUT2D eigenvalue weighted by Crippen LogP contribution is 2.20. The number of nitrogens with zero attached hydrogens (tertiary/aromatic N) is 2. The molecule has 0 amide bonds. The summed E-state index contributed by atoms with van der Waals surface area (Å²) in [5, 5.41) is 8.69. The van der Waals surface area contributed by atoms with Crippen molar-refractivity contribution in [2.24, 2.45) is 4.99 Å². The molecule has 25 heavy (non-hydrogen) atoms. The molecule has 0 aliphatic rings. The highest BCUT2D eigenvalue weighted by Gasteiger charge is 2.03. The largest absolute Gasteiger partial charge is 0.494 e. The van der Waals surface area contributed by atoms with Gasteiger partial charge < -0.3 is 15.4 Å². The summed E-state index contributed by atoms with van der Waals surface area (Å²) in [5.41, 5.74) is 1.10. The minimum atomic E-state index is 0.597. The zero-order valence-electron chi connectivity index (χ0n) is 14.8. The molecule has 0 radical (unpaired) electrons. The van der Waals surface area contributed by atoms with Crippen molar-refractivity contribution in [3.63, 3.8) is 0 Å². The van der Waals surface area contributed by atoms with Gasteiger partial charge in [-0.1, -0.05) is 30.0 Å². The Bertz CT molecular complexity index is 632. The summed E-state index contributed by atoms with van der Waals surface area (Å²) in [6.45, 7) is 7.05. The maximum atomic E-state index is 5.66. The number of thiazole rings is 1. The Morgan fingerprint density at radius 3 is 2.92 bits per heavy atom. The predicted octanol–water partition coefficient (Wildman–Crippen LogP) is 3.78. The Labute approximate surface area is 158 Å². The molecule has 1 aromatic heterocycles. The van der Waals surface area contributed by atoms with E-state index < -0.39 is 0 Å². The van der Waals surface area contributed by atoms with Crippen molar-refractivity contribution in [2.45, 2.75) is 31.2 Å². The van der Waals surface area contributed by atoms with Crippen LogP contribution in [0.4, 0.5) is 0 Å². The van der Waals surface area contributed by atoms with Crippen LogP contribution in [0.15, 0.2) is 45.2 Å². The molecule has 1 heterocycles. The smallest absolute Gasteiger partial charge is 0.191 e. The molecule has 0 unspecified atom stereocenters. The van der Waals surface area contributed by atoms with Crippen LogP contribution in [0.2, 0.25) is 0 Å². The molecular formula is C18H26N4OS2. The number of hydrogen-bond acceptors (Lipinski definition) is 5. The summed E-state index contributed by atoms with van der Waals surface area (Å²) in [7, 11) is 0. The fourth-order valence-corrected chi connectivity index (χ4v) is 3.80. The molecule has 0 fully saturated rings. The average Bonchev–Trinajstić information content (AvgIpc) is 3.14. The number of ether oxygens (including phenoxy) is 1. The van der Waals surface area contributed by atoms with Crippen molar-refractivity contribution in [2.75, 3.05) is 25.4 Å². The van der Waals surface area contributed by atoms with Gasteiger partial charge in [0.05, 0.1) is 13.2 Å². The van der Waals surface area contributed by atoms with Crippen molar-refractivity contribution >= 4 is 29.1 Å².